The zero-order chi connectivity index (χ0) is 19.3. The summed E-state index contributed by atoms with van der Waals surface area (Å²) in [5.74, 6) is 1.52. The van der Waals surface area contributed by atoms with Gasteiger partial charge in [-0.15, -0.1) is 24.8 Å². The van der Waals surface area contributed by atoms with Crippen molar-refractivity contribution in [1.29, 1.82) is 0 Å². The van der Waals surface area contributed by atoms with E-state index in [9.17, 15) is 4.79 Å². The maximum Gasteiger partial charge on any atom is 0.228 e. The van der Waals surface area contributed by atoms with Crippen molar-refractivity contribution in [3.05, 3.63) is 42.4 Å². The molecule has 1 unspecified atom stereocenters. The fourth-order valence-corrected chi connectivity index (χ4v) is 4.00. The number of rotatable bonds is 4. The number of aromatic nitrogens is 3. The van der Waals surface area contributed by atoms with Gasteiger partial charge in [-0.05, 0) is 24.5 Å². The molecule has 4 heterocycles. The number of piperazine rings is 1. The molecule has 0 aliphatic carbocycles. The highest BCUT2D eigenvalue weighted by molar-refractivity contribution is 5.85. The number of piperidine rings is 1. The topological polar surface area (TPSA) is 83.5 Å². The number of anilines is 1. The van der Waals surface area contributed by atoms with Crippen molar-refractivity contribution in [3.63, 3.8) is 0 Å². The number of nitrogens with zero attached hydrogens (tertiary/aromatic N) is 5. The van der Waals surface area contributed by atoms with Crippen LogP contribution >= 0.6 is 24.8 Å². The van der Waals surface area contributed by atoms with Gasteiger partial charge in [0.2, 0.25) is 17.7 Å². The molecule has 2 aromatic heterocycles. The van der Waals surface area contributed by atoms with E-state index in [0.717, 1.165) is 51.1 Å². The molecule has 1 atom stereocenters. The first kappa shape index (κ1) is 24.1. The lowest BCUT2D eigenvalue weighted by atomic mass is 9.93. The second-order valence-corrected chi connectivity index (χ2v) is 7.20. The molecule has 10 heteroatoms. The summed E-state index contributed by atoms with van der Waals surface area (Å²) in [5, 5.41) is 3.40. The lowest BCUT2D eigenvalue weighted by Crippen LogP contribution is -2.52. The first-order valence-corrected chi connectivity index (χ1v) is 9.79. The molecule has 164 valence electrons. The second-order valence-electron chi connectivity index (χ2n) is 7.20. The summed E-state index contributed by atoms with van der Waals surface area (Å²) in [5.41, 5.74) is 1.09. The highest BCUT2D eigenvalue weighted by atomic mass is 35.5. The van der Waals surface area contributed by atoms with Crippen molar-refractivity contribution < 1.29 is 9.53 Å². The van der Waals surface area contributed by atoms with E-state index in [0.29, 0.717) is 11.8 Å². The Balaban J connectivity index is 0.00000160. The van der Waals surface area contributed by atoms with Crippen LogP contribution in [0.5, 0.6) is 5.88 Å². The van der Waals surface area contributed by atoms with Crippen LogP contribution in [0.15, 0.2) is 36.8 Å². The third kappa shape index (κ3) is 5.30. The minimum atomic E-state index is 0. The number of methoxy groups -OCH3 is 1. The van der Waals surface area contributed by atoms with Crippen LogP contribution in [0.25, 0.3) is 0 Å². The van der Waals surface area contributed by atoms with Gasteiger partial charge in [0.1, 0.15) is 0 Å². The molecule has 0 bridgehead atoms. The highest BCUT2D eigenvalue weighted by Gasteiger charge is 2.34. The van der Waals surface area contributed by atoms with E-state index in [2.05, 4.69) is 25.2 Å². The van der Waals surface area contributed by atoms with Crippen molar-refractivity contribution in [2.45, 2.75) is 18.9 Å². The van der Waals surface area contributed by atoms with Crippen LogP contribution in [0.1, 0.15) is 24.4 Å². The Morgan fingerprint density at radius 1 is 1.17 bits per heavy atom. The van der Waals surface area contributed by atoms with Gasteiger partial charge in [-0.2, -0.15) is 4.98 Å². The monoisotopic (exact) mass is 454 g/mol. The summed E-state index contributed by atoms with van der Waals surface area (Å²) in [6.45, 7) is 3.88. The average molecular weight is 455 g/mol. The zero-order valence-corrected chi connectivity index (χ0v) is 18.6. The molecule has 2 saturated heterocycles. The number of pyridine rings is 1. The molecule has 0 aromatic carbocycles. The largest absolute Gasteiger partial charge is 0.481 e. The number of hydrogen-bond acceptors (Lipinski definition) is 7. The van der Waals surface area contributed by atoms with Crippen LogP contribution in [0, 0.1) is 5.92 Å². The third-order valence-corrected chi connectivity index (χ3v) is 5.55. The Hall–Kier alpha value is -2.16. The Morgan fingerprint density at radius 2 is 1.97 bits per heavy atom. The average Bonchev–Trinajstić information content (AvgIpc) is 2.79. The molecular weight excluding hydrogens is 427 g/mol. The number of carbonyl (C=O) groups excluding carboxylic acids is 1. The number of amides is 1. The molecule has 0 radical (unpaired) electrons. The van der Waals surface area contributed by atoms with Crippen molar-refractivity contribution in [1.82, 2.24) is 25.2 Å². The van der Waals surface area contributed by atoms with Crippen molar-refractivity contribution in [2.24, 2.45) is 5.92 Å². The summed E-state index contributed by atoms with van der Waals surface area (Å²) in [6.07, 6.45) is 6.95. The molecule has 8 nitrogen and oxygen atoms in total. The molecule has 30 heavy (non-hydrogen) atoms. The normalized spacial score (nSPS) is 19.4. The minimum Gasteiger partial charge on any atom is -0.481 e. The van der Waals surface area contributed by atoms with Gasteiger partial charge < -0.3 is 19.9 Å². The van der Waals surface area contributed by atoms with E-state index in [1.165, 1.54) is 0 Å². The number of hydrogen-bond donors (Lipinski definition) is 1. The Kier molecular flexibility index (Phi) is 9.08. The lowest BCUT2D eigenvalue weighted by Gasteiger charge is -2.40. The Labute approximate surface area is 189 Å². The van der Waals surface area contributed by atoms with Gasteiger partial charge in [-0.1, -0.05) is 6.07 Å². The maximum atomic E-state index is 13.3. The van der Waals surface area contributed by atoms with Crippen LogP contribution in [0.3, 0.4) is 0 Å². The van der Waals surface area contributed by atoms with Gasteiger partial charge in [0.05, 0.1) is 13.2 Å². The van der Waals surface area contributed by atoms with E-state index in [1.807, 2.05) is 23.2 Å². The molecule has 2 aliphatic heterocycles. The van der Waals surface area contributed by atoms with Gasteiger partial charge in [0, 0.05) is 63.3 Å². The molecule has 4 rings (SSSR count). The van der Waals surface area contributed by atoms with Crippen LogP contribution in [-0.4, -0.2) is 65.6 Å². The Morgan fingerprint density at radius 3 is 2.67 bits per heavy atom. The number of nitrogens with one attached hydrogen (secondary N) is 1. The zero-order valence-electron chi connectivity index (χ0n) is 16.9. The number of ether oxygens (including phenoxy) is 1. The summed E-state index contributed by atoms with van der Waals surface area (Å²) >= 11 is 0. The van der Waals surface area contributed by atoms with Gasteiger partial charge in [-0.3, -0.25) is 9.78 Å². The fourth-order valence-electron chi connectivity index (χ4n) is 4.00. The summed E-state index contributed by atoms with van der Waals surface area (Å²) in [7, 11) is 1.60. The van der Waals surface area contributed by atoms with Crippen LogP contribution in [0.4, 0.5) is 5.95 Å². The van der Waals surface area contributed by atoms with E-state index >= 15 is 0 Å². The fraction of sp³-hybridized carbons (Fsp3) is 0.500. The Bertz CT molecular complexity index is 805. The molecule has 2 aliphatic rings. The molecule has 2 fully saturated rings. The van der Waals surface area contributed by atoms with Gasteiger partial charge in [0.15, 0.2) is 0 Å². The molecule has 1 N–H and O–H groups in total. The number of halogens is 2. The molecule has 1 amide bonds. The quantitative estimate of drug-likeness (QED) is 0.756. The lowest BCUT2D eigenvalue weighted by molar-refractivity contribution is -0.139. The van der Waals surface area contributed by atoms with Crippen LogP contribution in [0.2, 0.25) is 0 Å². The van der Waals surface area contributed by atoms with Gasteiger partial charge in [-0.25, -0.2) is 4.98 Å². The maximum absolute atomic E-state index is 13.3. The minimum absolute atomic E-state index is 0. The summed E-state index contributed by atoms with van der Waals surface area (Å²) < 4.78 is 5.19. The summed E-state index contributed by atoms with van der Waals surface area (Å²) in [6, 6.07) is 5.77. The highest BCUT2D eigenvalue weighted by Crippen LogP contribution is 2.28. The summed E-state index contributed by atoms with van der Waals surface area (Å²) in [4.78, 5) is 30.4. The second kappa shape index (κ2) is 11.3. The SMILES string of the molecule is COc1ccnc(N2CCC(C(=O)N3CCNCC3c3cccnc3)CC2)n1.Cl.Cl. The van der Waals surface area contributed by atoms with E-state index in [4.69, 9.17) is 4.74 Å². The standard InChI is InChI=1S/C20H26N6O2.2ClH/c1-28-18-4-8-23-20(24-18)25-10-5-15(6-11-25)19(27)26-12-9-22-14-17(26)16-3-2-7-21-13-16;;/h2-4,7-8,13,15,17,22H,5-6,9-12,14H2,1H3;2*1H. The van der Waals surface area contributed by atoms with Crippen LogP contribution in [-0.2, 0) is 4.79 Å². The third-order valence-electron chi connectivity index (χ3n) is 5.55. The van der Waals surface area contributed by atoms with Crippen molar-refractivity contribution in [3.8, 4) is 5.88 Å². The van der Waals surface area contributed by atoms with Crippen molar-refractivity contribution in [2.75, 3.05) is 44.7 Å². The number of carbonyl (C=O) groups is 1. The first-order valence-electron chi connectivity index (χ1n) is 9.79. The molecule has 0 saturated carbocycles. The van der Waals surface area contributed by atoms with Gasteiger partial charge >= 0.3 is 0 Å². The molecular formula is C20H28Cl2N6O2. The predicted molar refractivity (Wildman–Crippen MR) is 120 cm³/mol. The van der Waals surface area contributed by atoms with E-state index < -0.39 is 0 Å². The van der Waals surface area contributed by atoms with Gasteiger partial charge in [0.25, 0.3) is 0 Å². The molecule has 2 aromatic rings. The predicted octanol–water partition coefficient (Wildman–Crippen LogP) is 2.11. The smallest absolute Gasteiger partial charge is 0.228 e. The van der Waals surface area contributed by atoms with E-state index in [-0.39, 0.29) is 42.7 Å². The van der Waals surface area contributed by atoms with Crippen molar-refractivity contribution >= 4 is 36.7 Å². The van der Waals surface area contributed by atoms with E-state index in [1.54, 1.807) is 25.6 Å². The first-order chi connectivity index (χ1) is 13.8. The van der Waals surface area contributed by atoms with Crippen LogP contribution < -0.4 is 15.0 Å². The molecule has 0 spiro atoms.